The van der Waals surface area contributed by atoms with Crippen LogP contribution in [-0.2, 0) is 11.3 Å². The molecule has 3 aromatic rings. The molecule has 3 heterocycles. The molecule has 1 amide bonds. The van der Waals surface area contributed by atoms with Gasteiger partial charge in [0, 0.05) is 25.6 Å². The lowest BCUT2D eigenvalue weighted by Crippen LogP contribution is -2.39. The number of aryl methyl sites for hydroxylation is 1. The lowest BCUT2D eigenvalue weighted by molar-refractivity contribution is -0.134. The van der Waals surface area contributed by atoms with E-state index in [2.05, 4.69) is 20.3 Å². The third-order valence-corrected chi connectivity index (χ3v) is 5.33. The maximum absolute atomic E-state index is 12.1. The Labute approximate surface area is 169 Å². The Hall–Kier alpha value is -3.00. The van der Waals surface area contributed by atoms with Crippen LogP contribution in [0, 0.1) is 12.8 Å². The molecule has 1 saturated heterocycles. The average molecular weight is 395 g/mol. The molecule has 4 rings (SSSR count). The van der Waals surface area contributed by atoms with Gasteiger partial charge in [-0.05, 0) is 32.9 Å². The molecule has 0 saturated carbocycles. The highest BCUT2D eigenvalue weighted by Gasteiger charge is 2.27. The Bertz CT molecular complexity index is 971. The van der Waals surface area contributed by atoms with E-state index in [0.29, 0.717) is 29.8 Å². The van der Waals surface area contributed by atoms with Crippen LogP contribution in [0.25, 0.3) is 22.7 Å². The summed E-state index contributed by atoms with van der Waals surface area (Å²) in [6.45, 7) is 4.08. The van der Waals surface area contributed by atoms with Crippen LogP contribution in [0.4, 0.5) is 0 Å². The standard InChI is InChI=1S/C21H25N5O3/c1-14-18(19(24-29-14)15-7-5-4-6-8-15)20-23-22-17(28-20)13-26-11-9-16(10-12-26)21(27)25(2)3/h4-8,16H,9-13H2,1-3H3. The normalized spacial score (nSPS) is 15.6. The molecule has 1 fully saturated rings. The van der Waals surface area contributed by atoms with Crippen LogP contribution in [0.5, 0.6) is 0 Å². The SMILES string of the molecule is Cc1onc(-c2ccccc2)c1-c1nnc(CN2CCC(C(=O)N(C)C)CC2)o1. The molecule has 0 radical (unpaired) electrons. The van der Waals surface area contributed by atoms with Crippen molar-refractivity contribution < 1.29 is 13.7 Å². The van der Waals surface area contributed by atoms with Gasteiger partial charge in [-0.2, -0.15) is 0 Å². The molecular weight excluding hydrogens is 370 g/mol. The summed E-state index contributed by atoms with van der Waals surface area (Å²) in [5, 5.41) is 12.6. The molecule has 8 nitrogen and oxygen atoms in total. The predicted molar refractivity (Wildman–Crippen MR) is 107 cm³/mol. The first-order chi connectivity index (χ1) is 14.0. The number of hydrogen-bond acceptors (Lipinski definition) is 7. The van der Waals surface area contributed by atoms with Crippen LogP contribution in [0.15, 0.2) is 39.3 Å². The van der Waals surface area contributed by atoms with Gasteiger partial charge in [-0.25, -0.2) is 0 Å². The van der Waals surface area contributed by atoms with Gasteiger partial charge in [-0.1, -0.05) is 35.5 Å². The van der Waals surface area contributed by atoms with Crippen LogP contribution < -0.4 is 0 Å². The summed E-state index contributed by atoms with van der Waals surface area (Å²) >= 11 is 0. The molecule has 152 valence electrons. The lowest BCUT2D eigenvalue weighted by atomic mass is 9.95. The predicted octanol–water partition coefficient (Wildman–Crippen LogP) is 3.00. The third-order valence-electron chi connectivity index (χ3n) is 5.33. The van der Waals surface area contributed by atoms with Gasteiger partial charge in [-0.3, -0.25) is 9.69 Å². The zero-order valence-electron chi connectivity index (χ0n) is 17.0. The number of aromatic nitrogens is 3. The van der Waals surface area contributed by atoms with Gasteiger partial charge in [-0.15, -0.1) is 10.2 Å². The molecule has 1 aliphatic rings. The molecule has 0 N–H and O–H groups in total. The van der Waals surface area contributed by atoms with Crippen molar-refractivity contribution in [3.05, 3.63) is 42.0 Å². The quantitative estimate of drug-likeness (QED) is 0.656. The highest BCUT2D eigenvalue weighted by molar-refractivity contribution is 5.78. The van der Waals surface area contributed by atoms with Crippen molar-refractivity contribution in [1.82, 2.24) is 25.2 Å². The maximum Gasteiger partial charge on any atom is 0.253 e. The minimum absolute atomic E-state index is 0.104. The minimum atomic E-state index is 0.104. The summed E-state index contributed by atoms with van der Waals surface area (Å²) in [7, 11) is 3.62. The number of carbonyl (C=O) groups is 1. The second-order valence-electron chi connectivity index (χ2n) is 7.61. The molecule has 0 bridgehead atoms. The Kier molecular flexibility index (Phi) is 5.44. The summed E-state index contributed by atoms with van der Waals surface area (Å²) in [5.74, 6) is 1.92. The summed E-state index contributed by atoms with van der Waals surface area (Å²) in [6, 6.07) is 9.80. The molecule has 0 atom stereocenters. The number of rotatable bonds is 5. The first kappa shape index (κ1) is 19.3. The maximum atomic E-state index is 12.1. The fourth-order valence-electron chi connectivity index (χ4n) is 3.73. The van der Waals surface area contributed by atoms with Gasteiger partial charge >= 0.3 is 0 Å². The first-order valence-corrected chi connectivity index (χ1v) is 9.81. The Morgan fingerprint density at radius 3 is 2.59 bits per heavy atom. The van der Waals surface area contributed by atoms with Crippen molar-refractivity contribution in [1.29, 1.82) is 0 Å². The molecule has 0 aliphatic carbocycles. The number of benzene rings is 1. The van der Waals surface area contributed by atoms with E-state index in [9.17, 15) is 4.79 Å². The van der Waals surface area contributed by atoms with E-state index in [1.165, 1.54) is 0 Å². The summed E-state index contributed by atoms with van der Waals surface area (Å²) in [5.41, 5.74) is 2.36. The summed E-state index contributed by atoms with van der Waals surface area (Å²) in [4.78, 5) is 16.1. The van der Waals surface area contributed by atoms with Crippen LogP contribution in [0.2, 0.25) is 0 Å². The van der Waals surface area contributed by atoms with E-state index in [1.54, 1.807) is 4.90 Å². The van der Waals surface area contributed by atoms with Crippen LogP contribution in [0.3, 0.4) is 0 Å². The number of piperidine rings is 1. The molecule has 1 aliphatic heterocycles. The van der Waals surface area contributed by atoms with E-state index in [4.69, 9.17) is 8.94 Å². The number of carbonyl (C=O) groups excluding carboxylic acids is 1. The van der Waals surface area contributed by atoms with E-state index in [-0.39, 0.29) is 11.8 Å². The molecule has 0 spiro atoms. The number of nitrogens with zero attached hydrogens (tertiary/aromatic N) is 5. The smallest absolute Gasteiger partial charge is 0.253 e. The van der Waals surface area contributed by atoms with Crippen LogP contribution >= 0.6 is 0 Å². The monoisotopic (exact) mass is 395 g/mol. The van der Waals surface area contributed by atoms with Gasteiger partial charge in [0.25, 0.3) is 5.89 Å². The minimum Gasteiger partial charge on any atom is -0.419 e. The Morgan fingerprint density at radius 2 is 1.90 bits per heavy atom. The van der Waals surface area contributed by atoms with Gasteiger partial charge < -0.3 is 13.8 Å². The molecule has 8 heteroatoms. The van der Waals surface area contributed by atoms with Crippen LogP contribution in [0.1, 0.15) is 24.5 Å². The Balaban J connectivity index is 1.46. The van der Waals surface area contributed by atoms with Crippen molar-refractivity contribution in [2.24, 2.45) is 5.92 Å². The lowest BCUT2D eigenvalue weighted by Gasteiger charge is -2.31. The van der Waals surface area contributed by atoms with Gasteiger partial charge in [0.1, 0.15) is 17.0 Å². The Morgan fingerprint density at radius 1 is 1.17 bits per heavy atom. The largest absolute Gasteiger partial charge is 0.419 e. The third kappa shape index (κ3) is 4.07. The molecule has 2 aromatic heterocycles. The van der Waals surface area contributed by atoms with Crippen molar-refractivity contribution in [2.75, 3.05) is 27.2 Å². The zero-order valence-corrected chi connectivity index (χ0v) is 17.0. The molecular formula is C21H25N5O3. The fraction of sp³-hybridized carbons (Fsp3) is 0.429. The van der Waals surface area contributed by atoms with Crippen molar-refractivity contribution in [3.8, 4) is 22.7 Å². The zero-order chi connectivity index (χ0) is 20.4. The van der Waals surface area contributed by atoms with E-state index in [1.807, 2.05) is 51.4 Å². The van der Waals surface area contributed by atoms with Crippen molar-refractivity contribution in [3.63, 3.8) is 0 Å². The number of likely N-dealkylation sites (tertiary alicyclic amines) is 1. The number of amides is 1. The van der Waals surface area contributed by atoms with E-state index >= 15 is 0 Å². The summed E-state index contributed by atoms with van der Waals surface area (Å²) < 4.78 is 11.3. The van der Waals surface area contributed by atoms with Crippen molar-refractivity contribution in [2.45, 2.75) is 26.3 Å². The molecule has 29 heavy (non-hydrogen) atoms. The van der Waals surface area contributed by atoms with Crippen molar-refractivity contribution >= 4 is 5.91 Å². The molecule has 0 unspecified atom stereocenters. The second-order valence-corrected chi connectivity index (χ2v) is 7.61. The fourth-order valence-corrected chi connectivity index (χ4v) is 3.73. The van der Waals surface area contributed by atoms with Crippen LogP contribution in [-0.4, -0.2) is 58.2 Å². The van der Waals surface area contributed by atoms with Gasteiger partial charge in [0.15, 0.2) is 0 Å². The topological polar surface area (TPSA) is 88.5 Å². The van der Waals surface area contributed by atoms with Gasteiger partial charge in [0.2, 0.25) is 11.8 Å². The highest BCUT2D eigenvalue weighted by atomic mass is 16.5. The number of hydrogen-bond donors (Lipinski definition) is 0. The average Bonchev–Trinajstić information content (AvgIpc) is 3.34. The molecule has 1 aromatic carbocycles. The highest BCUT2D eigenvalue weighted by Crippen LogP contribution is 2.33. The second kappa shape index (κ2) is 8.16. The van der Waals surface area contributed by atoms with Gasteiger partial charge in [0.05, 0.1) is 6.54 Å². The van der Waals surface area contributed by atoms with E-state index < -0.39 is 0 Å². The van der Waals surface area contributed by atoms with E-state index in [0.717, 1.165) is 37.1 Å². The summed E-state index contributed by atoms with van der Waals surface area (Å²) in [6.07, 6.45) is 1.70. The first-order valence-electron chi connectivity index (χ1n) is 9.81.